The van der Waals surface area contributed by atoms with Crippen LogP contribution in [0.3, 0.4) is 0 Å². The third-order valence-corrected chi connectivity index (χ3v) is 10.2. The van der Waals surface area contributed by atoms with Gasteiger partial charge in [-0.3, -0.25) is 0 Å². The molecule has 0 atom stereocenters. The quantitative estimate of drug-likeness (QED) is 0.0431. The van der Waals surface area contributed by atoms with Gasteiger partial charge in [0.25, 0.3) is 0 Å². The lowest BCUT2D eigenvalue weighted by Crippen LogP contribution is -1.97. The SMILES string of the molecule is CC=O.CCCCCCCCCCCCCCCCCCN.CCCCCCCCCCCCCCCCN.CCCCCCCCCCCCN. The van der Waals surface area contributed by atoms with Crippen LogP contribution in [-0.2, 0) is 4.79 Å². The van der Waals surface area contributed by atoms with Crippen LogP contribution < -0.4 is 17.2 Å². The Hall–Kier alpha value is -0.450. The van der Waals surface area contributed by atoms with Gasteiger partial charge in [-0.1, -0.05) is 258 Å². The highest BCUT2D eigenvalue weighted by molar-refractivity contribution is 5.44. The highest BCUT2D eigenvalue weighted by Gasteiger charge is 1.96. The summed E-state index contributed by atoms with van der Waals surface area (Å²) in [5, 5.41) is 0. The van der Waals surface area contributed by atoms with Gasteiger partial charge in [-0.05, 0) is 45.8 Å². The second kappa shape index (κ2) is 65.4. The minimum absolute atomic E-state index is 0.750. The number of hydrogen-bond acceptors (Lipinski definition) is 4. The lowest BCUT2D eigenvalue weighted by Gasteiger charge is -2.03. The Bertz CT molecular complexity index is 490. The molecule has 0 rings (SSSR count). The molecule has 0 aliphatic heterocycles. The summed E-state index contributed by atoms with van der Waals surface area (Å²) in [7, 11) is 0. The molecule has 0 saturated carbocycles. The predicted molar refractivity (Wildman–Crippen MR) is 241 cm³/mol. The molecule has 318 valence electrons. The molecule has 0 aromatic rings. The average molecular weight is 740 g/mol. The summed E-state index contributed by atoms with van der Waals surface area (Å²) >= 11 is 0. The van der Waals surface area contributed by atoms with Crippen molar-refractivity contribution in [1.82, 2.24) is 0 Å². The maximum atomic E-state index is 8.81. The van der Waals surface area contributed by atoms with E-state index in [0.717, 1.165) is 25.9 Å². The first-order valence-electron chi connectivity index (χ1n) is 24.2. The fourth-order valence-electron chi connectivity index (χ4n) is 6.66. The van der Waals surface area contributed by atoms with Gasteiger partial charge in [0.1, 0.15) is 6.29 Å². The van der Waals surface area contributed by atoms with E-state index in [1.807, 2.05) is 0 Å². The molecule has 4 heteroatoms. The number of rotatable bonds is 40. The molecule has 0 unspecified atom stereocenters. The van der Waals surface area contributed by atoms with E-state index in [0.29, 0.717) is 0 Å². The zero-order valence-corrected chi connectivity index (χ0v) is 37.1. The van der Waals surface area contributed by atoms with Crippen molar-refractivity contribution in [2.45, 2.75) is 285 Å². The standard InChI is InChI=1S/C18H39N.C16H35N.C12H27N.C2H4O/c1-2-3-4-5-6-7-8-9-10-11-12-13-14-15-16-17-18-19;1-2-3-4-5-6-7-8-9-10-11-12-13-14-15-16-17;1-2-3-4-5-6-7-8-9-10-11-12-13;1-2-3/h2-19H2,1H3;2-17H2,1H3;2-13H2,1H3;2H,1H3. The maximum absolute atomic E-state index is 8.81. The van der Waals surface area contributed by atoms with Gasteiger partial charge in [0.15, 0.2) is 0 Å². The fraction of sp³-hybridized carbons (Fsp3) is 0.979. The van der Waals surface area contributed by atoms with Crippen LogP contribution >= 0.6 is 0 Å². The van der Waals surface area contributed by atoms with E-state index in [2.05, 4.69) is 20.8 Å². The normalized spacial score (nSPS) is 10.5. The van der Waals surface area contributed by atoms with E-state index in [9.17, 15) is 0 Å². The van der Waals surface area contributed by atoms with Crippen molar-refractivity contribution < 1.29 is 4.79 Å². The van der Waals surface area contributed by atoms with Crippen molar-refractivity contribution in [2.75, 3.05) is 19.6 Å². The van der Waals surface area contributed by atoms with Crippen molar-refractivity contribution in [3.05, 3.63) is 0 Å². The Balaban J connectivity index is -0.000000324. The third kappa shape index (κ3) is 74.7. The van der Waals surface area contributed by atoms with Crippen molar-refractivity contribution in [1.29, 1.82) is 0 Å². The van der Waals surface area contributed by atoms with Gasteiger partial charge < -0.3 is 22.0 Å². The summed E-state index contributed by atoms with van der Waals surface area (Å²) in [5.74, 6) is 0. The summed E-state index contributed by atoms with van der Waals surface area (Å²) < 4.78 is 0. The van der Waals surface area contributed by atoms with E-state index in [1.165, 1.54) is 264 Å². The van der Waals surface area contributed by atoms with Gasteiger partial charge in [-0.25, -0.2) is 0 Å². The predicted octanol–water partition coefficient (Wildman–Crippen LogP) is 15.7. The average Bonchev–Trinajstić information content (AvgIpc) is 3.15. The molecule has 0 radical (unpaired) electrons. The van der Waals surface area contributed by atoms with E-state index in [1.54, 1.807) is 0 Å². The summed E-state index contributed by atoms with van der Waals surface area (Å²) in [4.78, 5) is 8.81. The minimum atomic E-state index is 0.750. The lowest BCUT2D eigenvalue weighted by molar-refractivity contribution is -0.106. The second-order valence-corrected chi connectivity index (χ2v) is 15.7. The summed E-state index contributed by atoms with van der Waals surface area (Å²) in [6.07, 6.45) is 57.4. The molecule has 0 spiro atoms. The highest BCUT2D eigenvalue weighted by Crippen LogP contribution is 2.15. The second-order valence-electron chi connectivity index (χ2n) is 15.7. The van der Waals surface area contributed by atoms with Gasteiger partial charge in [0.2, 0.25) is 0 Å². The van der Waals surface area contributed by atoms with Crippen LogP contribution in [-0.4, -0.2) is 25.9 Å². The van der Waals surface area contributed by atoms with Crippen molar-refractivity contribution in [3.8, 4) is 0 Å². The highest BCUT2D eigenvalue weighted by atomic mass is 16.1. The molecule has 4 nitrogen and oxygen atoms in total. The monoisotopic (exact) mass is 740 g/mol. The zero-order valence-electron chi connectivity index (χ0n) is 37.1. The van der Waals surface area contributed by atoms with E-state index in [-0.39, 0.29) is 0 Å². The molecule has 0 heterocycles. The van der Waals surface area contributed by atoms with Crippen LogP contribution in [0.2, 0.25) is 0 Å². The van der Waals surface area contributed by atoms with Crippen LogP contribution in [0, 0.1) is 0 Å². The number of hydrogen-bond donors (Lipinski definition) is 3. The zero-order chi connectivity index (χ0) is 39.1. The number of carbonyl (C=O) groups excluding carboxylic acids is 1. The van der Waals surface area contributed by atoms with Crippen molar-refractivity contribution >= 4 is 6.29 Å². The van der Waals surface area contributed by atoms with Gasteiger partial charge in [0.05, 0.1) is 0 Å². The Morgan fingerprint density at radius 3 is 0.442 bits per heavy atom. The van der Waals surface area contributed by atoms with Gasteiger partial charge in [-0.2, -0.15) is 0 Å². The van der Waals surface area contributed by atoms with Crippen LogP contribution in [0.1, 0.15) is 285 Å². The largest absolute Gasteiger partial charge is 0.330 e. The first-order chi connectivity index (χ1) is 25.7. The molecular formula is C48H105N3O. The maximum Gasteiger partial charge on any atom is 0.116 e. The molecule has 0 amide bonds. The molecule has 0 saturated heterocycles. The van der Waals surface area contributed by atoms with Crippen LogP contribution in [0.25, 0.3) is 0 Å². The molecule has 52 heavy (non-hydrogen) atoms. The summed E-state index contributed by atoms with van der Waals surface area (Å²) in [6.45, 7) is 10.9. The number of carbonyl (C=O) groups is 1. The summed E-state index contributed by atoms with van der Waals surface area (Å²) in [5.41, 5.74) is 16.4. The molecule has 0 bridgehead atoms. The Morgan fingerprint density at radius 2 is 0.346 bits per heavy atom. The first kappa shape index (κ1) is 58.3. The molecule has 0 aliphatic carbocycles. The Morgan fingerprint density at radius 1 is 0.250 bits per heavy atom. The minimum Gasteiger partial charge on any atom is -0.330 e. The molecule has 0 aromatic carbocycles. The van der Waals surface area contributed by atoms with Crippen molar-refractivity contribution in [2.24, 2.45) is 17.2 Å². The summed E-state index contributed by atoms with van der Waals surface area (Å²) in [6, 6.07) is 0. The van der Waals surface area contributed by atoms with Crippen LogP contribution in [0.5, 0.6) is 0 Å². The fourth-order valence-corrected chi connectivity index (χ4v) is 6.66. The topological polar surface area (TPSA) is 95.1 Å². The van der Waals surface area contributed by atoms with Crippen LogP contribution in [0.15, 0.2) is 0 Å². The van der Waals surface area contributed by atoms with E-state index >= 15 is 0 Å². The molecule has 0 fully saturated rings. The van der Waals surface area contributed by atoms with Gasteiger partial charge in [-0.15, -0.1) is 0 Å². The number of aldehydes is 1. The first-order valence-corrected chi connectivity index (χ1v) is 24.2. The van der Waals surface area contributed by atoms with Gasteiger partial charge >= 0.3 is 0 Å². The van der Waals surface area contributed by atoms with Crippen LogP contribution in [0.4, 0.5) is 0 Å². The van der Waals surface area contributed by atoms with E-state index < -0.39 is 0 Å². The lowest BCUT2D eigenvalue weighted by atomic mass is 10.0. The van der Waals surface area contributed by atoms with Crippen molar-refractivity contribution in [3.63, 3.8) is 0 Å². The Kier molecular flexibility index (Phi) is 73.3. The smallest absolute Gasteiger partial charge is 0.116 e. The molecular weight excluding hydrogens is 635 g/mol. The molecule has 0 aliphatic rings. The molecule has 6 N–H and O–H groups in total. The number of unbranched alkanes of at least 4 members (excludes halogenated alkanes) is 37. The Labute approximate surface area is 331 Å². The third-order valence-electron chi connectivity index (χ3n) is 10.2. The number of nitrogens with two attached hydrogens (primary N) is 3. The van der Waals surface area contributed by atoms with E-state index in [4.69, 9.17) is 22.0 Å². The molecule has 0 aromatic heterocycles. The van der Waals surface area contributed by atoms with Gasteiger partial charge in [0, 0.05) is 0 Å².